The molecule has 29 heavy (non-hydrogen) atoms. The van der Waals surface area contributed by atoms with Gasteiger partial charge in [0.1, 0.15) is 13.2 Å². The summed E-state index contributed by atoms with van der Waals surface area (Å²) in [6.07, 6.45) is -0.570. The third-order valence-corrected chi connectivity index (χ3v) is 5.30. The minimum absolute atomic E-state index is 0.0203. The molecule has 0 aromatic heterocycles. The number of aliphatic hydroxyl groups excluding tert-OH is 1. The molecular formula is C23H25NO5. The molecule has 0 fully saturated rings. The molecule has 0 heterocycles. The van der Waals surface area contributed by atoms with Crippen LogP contribution in [-0.2, 0) is 14.3 Å². The van der Waals surface area contributed by atoms with E-state index in [0.29, 0.717) is 0 Å². The standard InChI is InChI=1S/C23H25NO5/c1-4-13-28-21(26)23(3,15(2)25)24-22(27)29-14-20-18-11-7-5-9-16(18)17-10-6-8-12-19(17)20/h4-12,15,20,25H,1,13-14H2,2-3H3,(H,24,27). The van der Waals surface area contributed by atoms with Gasteiger partial charge in [-0.05, 0) is 36.1 Å². The molecule has 1 amide bonds. The van der Waals surface area contributed by atoms with Crippen LogP contribution < -0.4 is 5.32 Å². The summed E-state index contributed by atoms with van der Waals surface area (Å²) in [6, 6.07) is 16.0. The first-order valence-corrected chi connectivity index (χ1v) is 9.47. The molecule has 2 N–H and O–H groups in total. The summed E-state index contributed by atoms with van der Waals surface area (Å²) in [6.45, 7) is 6.36. The highest BCUT2D eigenvalue weighted by molar-refractivity contribution is 5.86. The van der Waals surface area contributed by atoms with Crippen LogP contribution in [0.5, 0.6) is 0 Å². The van der Waals surface area contributed by atoms with Gasteiger partial charge in [0, 0.05) is 5.92 Å². The third kappa shape index (κ3) is 4.03. The van der Waals surface area contributed by atoms with E-state index in [1.165, 1.54) is 19.9 Å². The van der Waals surface area contributed by atoms with Crippen molar-refractivity contribution in [1.29, 1.82) is 0 Å². The molecule has 2 unspecified atom stereocenters. The number of ether oxygens (including phenoxy) is 2. The third-order valence-electron chi connectivity index (χ3n) is 5.30. The molecule has 152 valence electrons. The zero-order valence-corrected chi connectivity index (χ0v) is 16.6. The molecule has 2 aromatic rings. The first-order chi connectivity index (χ1) is 13.9. The average Bonchev–Trinajstić information content (AvgIpc) is 3.04. The van der Waals surface area contributed by atoms with E-state index < -0.39 is 23.7 Å². The number of alkyl carbamates (subject to hydrolysis) is 1. The molecule has 0 bridgehead atoms. The van der Waals surface area contributed by atoms with E-state index in [1.54, 1.807) is 0 Å². The van der Waals surface area contributed by atoms with E-state index >= 15 is 0 Å². The normalized spacial score (nSPS) is 15.4. The quantitative estimate of drug-likeness (QED) is 0.554. The van der Waals surface area contributed by atoms with Crippen molar-refractivity contribution in [2.75, 3.05) is 13.2 Å². The van der Waals surface area contributed by atoms with E-state index in [9.17, 15) is 14.7 Å². The lowest BCUT2D eigenvalue weighted by atomic mass is 9.96. The Labute approximate surface area is 170 Å². The Morgan fingerprint density at radius 1 is 1.14 bits per heavy atom. The Morgan fingerprint density at radius 3 is 2.21 bits per heavy atom. The van der Waals surface area contributed by atoms with E-state index in [1.807, 2.05) is 48.5 Å². The number of hydrogen-bond acceptors (Lipinski definition) is 5. The summed E-state index contributed by atoms with van der Waals surface area (Å²) in [5.41, 5.74) is 2.79. The van der Waals surface area contributed by atoms with Crippen molar-refractivity contribution >= 4 is 12.1 Å². The zero-order chi connectivity index (χ0) is 21.0. The minimum Gasteiger partial charge on any atom is -0.460 e. The number of benzene rings is 2. The summed E-state index contributed by atoms with van der Waals surface area (Å²) in [5, 5.41) is 12.5. The van der Waals surface area contributed by atoms with Gasteiger partial charge in [0.05, 0.1) is 6.10 Å². The van der Waals surface area contributed by atoms with Crippen molar-refractivity contribution in [1.82, 2.24) is 5.32 Å². The van der Waals surface area contributed by atoms with Crippen LogP contribution in [0.25, 0.3) is 11.1 Å². The fourth-order valence-electron chi connectivity index (χ4n) is 3.46. The van der Waals surface area contributed by atoms with Gasteiger partial charge >= 0.3 is 12.1 Å². The molecule has 1 aliphatic rings. The Kier molecular flexibility index (Phi) is 6.03. The molecule has 2 aromatic carbocycles. The largest absolute Gasteiger partial charge is 0.460 e. The fourth-order valence-corrected chi connectivity index (χ4v) is 3.46. The second kappa shape index (κ2) is 8.49. The lowest BCUT2D eigenvalue weighted by Gasteiger charge is -2.30. The van der Waals surface area contributed by atoms with Gasteiger partial charge in [-0.1, -0.05) is 61.2 Å². The maximum Gasteiger partial charge on any atom is 0.408 e. The topological polar surface area (TPSA) is 84.9 Å². The Hall–Kier alpha value is -3.12. The van der Waals surface area contributed by atoms with Gasteiger partial charge in [-0.2, -0.15) is 0 Å². The van der Waals surface area contributed by atoms with Crippen molar-refractivity contribution in [2.24, 2.45) is 0 Å². The molecule has 0 spiro atoms. The molecular weight excluding hydrogens is 370 g/mol. The number of carbonyl (C=O) groups is 2. The molecule has 6 nitrogen and oxygen atoms in total. The summed E-state index contributed by atoms with van der Waals surface area (Å²) >= 11 is 0. The predicted octanol–water partition coefficient (Wildman–Crippen LogP) is 3.39. The van der Waals surface area contributed by atoms with Crippen LogP contribution in [0.2, 0.25) is 0 Å². The van der Waals surface area contributed by atoms with Crippen LogP contribution in [0.1, 0.15) is 30.9 Å². The van der Waals surface area contributed by atoms with Gasteiger partial charge in [0.25, 0.3) is 0 Å². The lowest BCUT2D eigenvalue weighted by Crippen LogP contribution is -2.59. The molecule has 3 rings (SSSR count). The van der Waals surface area contributed by atoms with Gasteiger partial charge < -0.3 is 19.9 Å². The molecule has 0 aliphatic heterocycles. The van der Waals surface area contributed by atoms with Crippen molar-refractivity contribution in [2.45, 2.75) is 31.4 Å². The molecule has 0 radical (unpaired) electrons. The van der Waals surface area contributed by atoms with Gasteiger partial charge in [-0.25, -0.2) is 9.59 Å². The average molecular weight is 395 g/mol. The second-order valence-electron chi connectivity index (χ2n) is 7.22. The number of hydrogen-bond donors (Lipinski definition) is 2. The van der Waals surface area contributed by atoms with Crippen molar-refractivity contribution in [3.8, 4) is 11.1 Å². The summed E-state index contributed by atoms with van der Waals surface area (Å²) in [5.74, 6) is -0.861. The number of carbonyl (C=O) groups excluding carboxylic acids is 2. The highest BCUT2D eigenvalue weighted by Crippen LogP contribution is 2.44. The van der Waals surface area contributed by atoms with Crippen LogP contribution in [0.4, 0.5) is 4.79 Å². The van der Waals surface area contributed by atoms with Gasteiger partial charge in [-0.3, -0.25) is 0 Å². The number of fused-ring (bicyclic) bond motifs is 3. The number of esters is 1. The van der Waals surface area contributed by atoms with E-state index in [2.05, 4.69) is 11.9 Å². The minimum atomic E-state index is -1.63. The smallest absolute Gasteiger partial charge is 0.408 e. The van der Waals surface area contributed by atoms with Gasteiger partial charge in [0.2, 0.25) is 0 Å². The number of aliphatic hydroxyl groups is 1. The van der Waals surface area contributed by atoms with Crippen LogP contribution in [0.15, 0.2) is 61.2 Å². The number of amides is 1. The van der Waals surface area contributed by atoms with Crippen LogP contribution in [0.3, 0.4) is 0 Å². The van der Waals surface area contributed by atoms with Crippen molar-refractivity contribution in [3.05, 3.63) is 72.3 Å². The summed E-state index contributed by atoms with van der Waals surface area (Å²) < 4.78 is 10.5. The van der Waals surface area contributed by atoms with E-state index in [-0.39, 0.29) is 19.1 Å². The van der Waals surface area contributed by atoms with Crippen LogP contribution in [-0.4, -0.2) is 42.0 Å². The molecule has 0 saturated heterocycles. The zero-order valence-electron chi connectivity index (χ0n) is 16.6. The molecule has 1 aliphatic carbocycles. The fraction of sp³-hybridized carbons (Fsp3) is 0.304. The van der Waals surface area contributed by atoms with Crippen molar-refractivity contribution < 1.29 is 24.2 Å². The van der Waals surface area contributed by atoms with Gasteiger partial charge in [-0.15, -0.1) is 0 Å². The monoisotopic (exact) mass is 395 g/mol. The van der Waals surface area contributed by atoms with Gasteiger partial charge in [0.15, 0.2) is 5.54 Å². The Balaban J connectivity index is 1.72. The first kappa shape index (κ1) is 20.6. The molecule has 2 atom stereocenters. The first-order valence-electron chi connectivity index (χ1n) is 9.47. The number of rotatable bonds is 7. The Morgan fingerprint density at radius 2 is 1.69 bits per heavy atom. The van der Waals surface area contributed by atoms with Crippen molar-refractivity contribution in [3.63, 3.8) is 0 Å². The Bertz CT molecular complexity index is 877. The van der Waals surface area contributed by atoms with E-state index in [4.69, 9.17) is 9.47 Å². The summed E-state index contributed by atoms with van der Waals surface area (Å²) in [4.78, 5) is 24.7. The highest BCUT2D eigenvalue weighted by atomic mass is 16.6. The summed E-state index contributed by atoms with van der Waals surface area (Å²) in [7, 11) is 0. The highest BCUT2D eigenvalue weighted by Gasteiger charge is 2.42. The molecule has 6 heteroatoms. The SMILES string of the molecule is C=CCOC(=O)C(C)(NC(=O)OCC1c2ccccc2-c2ccccc21)C(C)O. The van der Waals surface area contributed by atoms with Crippen LogP contribution in [0, 0.1) is 0 Å². The molecule has 0 saturated carbocycles. The predicted molar refractivity (Wildman–Crippen MR) is 109 cm³/mol. The van der Waals surface area contributed by atoms with E-state index in [0.717, 1.165) is 22.3 Å². The second-order valence-corrected chi connectivity index (χ2v) is 7.22. The maximum atomic E-state index is 12.4. The lowest BCUT2D eigenvalue weighted by molar-refractivity contribution is -0.154. The van der Waals surface area contributed by atoms with Crippen LogP contribution >= 0.6 is 0 Å². The number of nitrogens with one attached hydrogen (secondary N) is 1. The maximum absolute atomic E-state index is 12.4.